The highest BCUT2D eigenvalue weighted by atomic mass is 32.3. The monoisotopic (exact) mass is 447 g/mol. The van der Waals surface area contributed by atoms with Gasteiger partial charge < -0.3 is 22.1 Å². The summed E-state index contributed by atoms with van der Waals surface area (Å²) in [6, 6.07) is 11.5. The van der Waals surface area contributed by atoms with Crippen molar-refractivity contribution in [1.82, 2.24) is 5.32 Å². The molecule has 0 aromatic heterocycles. The number of halogens is 1. The lowest BCUT2D eigenvalue weighted by Gasteiger charge is -2.38. The first kappa shape index (κ1) is 22.0. The van der Waals surface area contributed by atoms with Crippen molar-refractivity contribution in [2.75, 3.05) is 10.2 Å². The van der Waals surface area contributed by atoms with E-state index in [1.54, 1.807) is 4.90 Å². The highest BCUT2D eigenvalue weighted by Gasteiger charge is 2.32. The lowest BCUT2D eigenvalue weighted by Crippen LogP contribution is -2.54. The molecule has 1 aliphatic rings. The van der Waals surface area contributed by atoms with Crippen molar-refractivity contribution >= 4 is 39.5 Å². The molecular formula is C19H22FN7O3S. The predicted octanol–water partition coefficient (Wildman–Crippen LogP) is 1.85. The minimum Gasteiger partial charge on any atom is -0.369 e. The molecule has 0 radical (unpaired) electrons. The lowest BCUT2D eigenvalue weighted by molar-refractivity contribution is 0.251. The van der Waals surface area contributed by atoms with Gasteiger partial charge in [0.05, 0.1) is 4.90 Å². The quantitative estimate of drug-likeness (QED) is 0.513. The Bertz CT molecular complexity index is 1140. The first-order valence-electron chi connectivity index (χ1n) is 9.14. The summed E-state index contributed by atoms with van der Waals surface area (Å²) in [6.45, 7) is 3.95. The van der Waals surface area contributed by atoms with E-state index in [0.29, 0.717) is 5.69 Å². The molecular weight excluding hydrogens is 425 g/mol. The number of aliphatic imine (C=N–C) groups is 2. The Morgan fingerprint density at radius 2 is 1.71 bits per heavy atom. The summed E-state index contributed by atoms with van der Waals surface area (Å²) >= 11 is 0. The van der Waals surface area contributed by atoms with Crippen LogP contribution in [0.5, 0.6) is 0 Å². The molecule has 10 nitrogen and oxygen atoms in total. The van der Waals surface area contributed by atoms with Gasteiger partial charge in [-0.15, -0.1) is 3.89 Å². The normalized spacial score (nSPS) is 15.6. The SMILES string of the molecule is CC1(C)N=C(N)N=C(N)N1c1ccc(CNC(=O)Nc2ccc(S(=O)(=O)F)cc2)cc1. The van der Waals surface area contributed by atoms with Crippen LogP contribution < -0.4 is 27.0 Å². The number of hydrogen-bond donors (Lipinski definition) is 4. The van der Waals surface area contributed by atoms with Crippen LogP contribution in [0, 0.1) is 0 Å². The maximum absolute atomic E-state index is 12.9. The molecule has 31 heavy (non-hydrogen) atoms. The fourth-order valence-corrected chi connectivity index (χ4v) is 3.53. The number of amides is 2. The second-order valence-electron chi connectivity index (χ2n) is 7.21. The number of nitrogens with two attached hydrogens (primary N) is 2. The Labute approximate surface area is 179 Å². The summed E-state index contributed by atoms with van der Waals surface area (Å²) in [4.78, 5) is 21.6. The summed E-state index contributed by atoms with van der Waals surface area (Å²) in [5.41, 5.74) is 12.9. The number of anilines is 2. The molecule has 0 unspecified atom stereocenters. The van der Waals surface area contributed by atoms with Gasteiger partial charge in [0.2, 0.25) is 11.9 Å². The van der Waals surface area contributed by atoms with Crippen molar-refractivity contribution < 1.29 is 17.1 Å². The minimum absolute atomic E-state index is 0.117. The molecule has 2 amide bonds. The molecule has 2 aromatic carbocycles. The number of urea groups is 1. The van der Waals surface area contributed by atoms with E-state index < -0.39 is 26.8 Å². The van der Waals surface area contributed by atoms with Gasteiger partial charge in [-0.25, -0.2) is 9.79 Å². The molecule has 6 N–H and O–H groups in total. The van der Waals surface area contributed by atoms with Crippen LogP contribution in [0.25, 0.3) is 0 Å². The van der Waals surface area contributed by atoms with Crippen LogP contribution in [0.1, 0.15) is 19.4 Å². The summed E-state index contributed by atoms with van der Waals surface area (Å²) in [6.07, 6.45) is 0. The summed E-state index contributed by atoms with van der Waals surface area (Å²) in [5.74, 6) is 0.348. The van der Waals surface area contributed by atoms with Gasteiger partial charge in [-0.05, 0) is 55.8 Å². The Kier molecular flexibility index (Phi) is 5.84. The third-order valence-electron chi connectivity index (χ3n) is 4.43. The predicted molar refractivity (Wildman–Crippen MR) is 117 cm³/mol. The summed E-state index contributed by atoms with van der Waals surface area (Å²) < 4.78 is 34.5. The molecule has 0 saturated heterocycles. The third-order valence-corrected chi connectivity index (χ3v) is 5.27. The van der Waals surface area contributed by atoms with Crippen molar-refractivity contribution in [2.45, 2.75) is 31.0 Å². The number of carbonyl (C=O) groups excluding carboxylic acids is 1. The van der Waals surface area contributed by atoms with Gasteiger partial charge >= 0.3 is 16.3 Å². The molecule has 164 valence electrons. The third kappa shape index (κ3) is 5.28. The standard InChI is InChI=1S/C19H22FN7O3S/c1-19(2)26-16(21)25-17(22)27(19)14-7-3-12(4-8-14)11-23-18(28)24-13-5-9-15(10-6-13)31(20,29)30/h3-10H,11H2,1-2H3,(H2,23,24,28)(H4,21,22,25,26). The smallest absolute Gasteiger partial charge is 0.332 e. The minimum atomic E-state index is -4.78. The van der Waals surface area contributed by atoms with Crippen molar-refractivity contribution in [2.24, 2.45) is 21.5 Å². The molecule has 1 heterocycles. The maximum atomic E-state index is 12.9. The second-order valence-corrected chi connectivity index (χ2v) is 8.55. The van der Waals surface area contributed by atoms with E-state index >= 15 is 0 Å². The van der Waals surface area contributed by atoms with Gasteiger partial charge in [-0.2, -0.15) is 13.4 Å². The molecule has 0 fully saturated rings. The highest BCUT2D eigenvalue weighted by molar-refractivity contribution is 7.86. The average Bonchev–Trinajstić information content (AvgIpc) is 2.65. The number of benzene rings is 2. The van der Waals surface area contributed by atoms with Gasteiger partial charge in [0.15, 0.2) is 0 Å². The van der Waals surface area contributed by atoms with Crippen LogP contribution in [-0.4, -0.2) is 32.0 Å². The number of hydrogen-bond acceptors (Lipinski definition) is 8. The van der Waals surface area contributed by atoms with Crippen LogP contribution in [0.3, 0.4) is 0 Å². The molecule has 0 saturated carbocycles. The van der Waals surface area contributed by atoms with Crippen molar-refractivity contribution in [3.8, 4) is 0 Å². The Hall–Kier alpha value is -3.67. The lowest BCUT2D eigenvalue weighted by atomic mass is 10.1. The topological polar surface area (TPSA) is 155 Å². The number of nitrogens with one attached hydrogen (secondary N) is 2. The zero-order chi connectivity index (χ0) is 22.8. The van der Waals surface area contributed by atoms with Gasteiger partial charge in [0, 0.05) is 17.9 Å². The number of rotatable bonds is 5. The first-order valence-corrected chi connectivity index (χ1v) is 10.5. The van der Waals surface area contributed by atoms with E-state index in [9.17, 15) is 17.1 Å². The maximum Gasteiger partial charge on any atom is 0.332 e. The van der Waals surface area contributed by atoms with Crippen LogP contribution in [-0.2, 0) is 16.8 Å². The fraction of sp³-hybridized carbons (Fsp3) is 0.211. The zero-order valence-electron chi connectivity index (χ0n) is 16.8. The Morgan fingerprint density at radius 3 is 2.26 bits per heavy atom. The van der Waals surface area contributed by atoms with Gasteiger partial charge in [-0.3, -0.25) is 4.90 Å². The molecule has 0 bridgehead atoms. The molecule has 0 spiro atoms. The van der Waals surface area contributed by atoms with E-state index in [1.807, 2.05) is 38.1 Å². The summed E-state index contributed by atoms with van der Waals surface area (Å²) in [5, 5.41) is 5.22. The van der Waals surface area contributed by atoms with E-state index in [-0.39, 0.29) is 18.5 Å². The molecule has 0 aliphatic carbocycles. The van der Waals surface area contributed by atoms with Gasteiger partial charge in [0.1, 0.15) is 5.66 Å². The van der Waals surface area contributed by atoms with Crippen molar-refractivity contribution in [3.05, 3.63) is 54.1 Å². The average molecular weight is 447 g/mol. The van der Waals surface area contributed by atoms with Crippen LogP contribution in [0.2, 0.25) is 0 Å². The second kappa shape index (κ2) is 8.22. The van der Waals surface area contributed by atoms with Crippen LogP contribution in [0.15, 0.2) is 63.4 Å². The largest absolute Gasteiger partial charge is 0.369 e. The summed E-state index contributed by atoms with van der Waals surface area (Å²) in [7, 11) is -4.78. The van der Waals surface area contributed by atoms with Gasteiger partial charge in [0.25, 0.3) is 0 Å². The fourth-order valence-electron chi connectivity index (χ4n) is 3.07. The molecule has 3 rings (SSSR count). The van der Waals surface area contributed by atoms with E-state index in [2.05, 4.69) is 20.6 Å². The first-order chi connectivity index (χ1) is 14.5. The zero-order valence-corrected chi connectivity index (χ0v) is 17.6. The van der Waals surface area contributed by atoms with Crippen molar-refractivity contribution in [3.63, 3.8) is 0 Å². The van der Waals surface area contributed by atoms with E-state index in [1.165, 1.54) is 12.1 Å². The molecule has 1 aliphatic heterocycles. The number of guanidine groups is 2. The highest BCUT2D eigenvalue weighted by Crippen LogP contribution is 2.27. The molecule has 12 heteroatoms. The van der Waals surface area contributed by atoms with E-state index in [0.717, 1.165) is 23.4 Å². The van der Waals surface area contributed by atoms with Gasteiger partial charge in [-0.1, -0.05) is 12.1 Å². The van der Waals surface area contributed by atoms with E-state index in [4.69, 9.17) is 11.5 Å². The van der Waals surface area contributed by atoms with Crippen molar-refractivity contribution in [1.29, 1.82) is 0 Å². The number of carbonyl (C=O) groups is 1. The number of nitrogens with zero attached hydrogens (tertiary/aromatic N) is 3. The molecule has 2 aromatic rings. The Balaban J connectivity index is 1.59. The molecule has 0 atom stereocenters. The van der Waals surface area contributed by atoms with Crippen LogP contribution in [0.4, 0.5) is 20.1 Å². The van der Waals surface area contributed by atoms with Crippen LogP contribution >= 0.6 is 0 Å². The Morgan fingerprint density at radius 1 is 1.10 bits per heavy atom.